The van der Waals surface area contributed by atoms with E-state index in [0.29, 0.717) is 35.4 Å². The second kappa shape index (κ2) is 7.33. The van der Waals surface area contributed by atoms with Crippen molar-refractivity contribution < 1.29 is 14.1 Å². The van der Waals surface area contributed by atoms with Gasteiger partial charge in [0.05, 0.1) is 12.2 Å². The van der Waals surface area contributed by atoms with Gasteiger partial charge >= 0.3 is 0 Å². The van der Waals surface area contributed by atoms with Crippen molar-refractivity contribution in [2.24, 2.45) is 0 Å². The Bertz CT molecular complexity index is 672. The third-order valence-corrected chi connectivity index (χ3v) is 3.53. The lowest BCUT2D eigenvalue weighted by atomic mass is 10.1. The highest BCUT2D eigenvalue weighted by Crippen LogP contribution is 2.11. The van der Waals surface area contributed by atoms with Gasteiger partial charge in [-0.1, -0.05) is 11.6 Å². The molecule has 0 aliphatic rings. The molecule has 2 aromatic rings. The van der Waals surface area contributed by atoms with E-state index in [-0.39, 0.29) is 12.3 Å². The topological polar surface area (TPSA) is 69.1 Å². The Morgan fingerprint density at radius 1 is 1.36 bits per heavy atom. The summed E-state index contributed by atoms with van der Waals surface area (Å²) in [6.07, 6.45) is 1.82. The van der Waals surface area contributed by atoms with Crippen LogP contribution in [0.2, 0.25) is 5.02 Å². The quantitative estimate of drug-likeness (QED) is 0.655. The molecule has 2 N–H and O–H groups in total. The van der Waals surface area contributed by atoms with E-state index in [0.717, 1.165) is 5.56 Å². The summed E-state index contributed by atoms with van der Waals surface area (Å²) in [5.41, 5.74) is 7.27. The van der Waals surface area contributed by atoms with E-state index in [9.17, 15) is 4.79 Å². The van der Waals surface area contributed by atoms with Gasteiger partial charge in [-0.3, -0.25) is 4.79 Å². The summed E-state index contributed by atoms with van der Waals surface area (Å²) in [5.74, 6) is 1.10. The molecule has 116 valence electrons. The molecule has 0 aliphatic carbocycles. The Labute approximate surface area is 134 Å². The summed E-state index contributed by atoms with van der Waals surface area (Å²) < 4.78 is 7.14. The molecular weight excluding hydrogens is 302 g/mol. The lowest BCUT2D eigenvalue weighted by molar-refractivity contribution is -0.692. The van der Waals surface area contributed by atoms with E-state index < -0.39 is 0 Å². The standard InChI is InChI=1S/C16H18ClN3O2/c1-3-22-10-13-8-20(11(2)19-16(13)18)9-15(21)12-4-6-14(17)7-5-12/h4-8,18H,3,9-10H2,1-2H3/p+1. The SMILES string of the molecule is CCOCc1c[n+](CC(=O)c2ccc(Cl)cc2)c(C)nc1N. The van der Waals surface area contributed by atoms with E-state index in [4.69, 9.17) is 22.1 Å². The Balaban J connectivity index is 2.21. The minimum absolute atomic E-state index is 0.0151. The molecular formula is C16H19ClN3O2+. The number of nitrogens with zero attached hydrogens (tertiary/aromatic N) is 2. The van der Waals surface area contributed by atoms with Crippen LogP contribution < -0.4 is 10.3 Å². The second-order valence-corrected chi connectivity index (χ2v) is 5.33. The van der Waals surface area contributed by atoms with Crippen molar-refractivity contribution in [1.82, 2.24) is 4.98 Å². The fourth-order valence-corrected chi connectivity index (χ4v) is 2.15. The first-order valence-corrected chi connectivity index (χ1v) is 7.41. The molecule has 0 fully saturated rings. The minimum atomic E-state index is -0.0151. The van der Waals surface area contributed by atoms with Gasteiger partial charge in [0, 0.05) is 24.1 Å². The first-order valence-electron chi connectivity index (χ1n) is 7.03. The number of ether oxygens (including phenoxy) is 1. The highest BCUT2D eigenvalue weighted by molar-refractivity contribution is 6.30. The average Bonchev–Trinajstić information content (AvgIpc) is 2.49. The predicted octanol–water partition coefficient (Wildman–Crippen LogP) is 2.33. The van der Waals surface area contributed by atoms with Crippen molar-refractivity contribution in [2.75, 3.05) is 12.3 Å². The van der Waals surface area contributed by atoms with Crippen LogP contribution in [0.4, 0.5) is 5.82 Å². The number of ketones is 1. The second-order valence-electron chi connectivity index (χ2n) is 4.89. The van der Waals surface area contributed by atoms with Gasteiger partial charge in [-0.05, 0) is 36.2 Å². The highest BCUT2D eigenvalue weighted by Gasteiger charge is 2.18. The van der Waals surface area contributed by atoms with Gasteiger partial charge in [0.25, 0.3) is 5.82 Å². The van der Waals surface area contributed by atoms with Gasteiger partial charge in [-0.25, -0.2) is 4.57 Å². The van der Waals surface area contributed by atoms with Gasteiger partial charge in [-0.15, -0.1) is 0 Å². The Kier molecular flexibility index (Phi) is 5.46. The molecule has 0 radical (unpaired) electrons. The number of rotatable bonds is 6. The van der Waals surface area contributed by atoms with E-state index in [1.54, 1.807) is 28.8 Å². The summed E-state index contributed by atoms with van der Waals surface area (Å²) in [5, 5.41) is 0.605. The van der Waals surface area contributed by atoms with Crippen LogP contribution in [0.5, 0.6) is 0 Å². The normalized spacial score (nSPS) is 10.7. The maximum Gasteiger partial charge on any atom is 0.298 e. The summed E-state index contributed by atoms with van der Waals surface area (Å²) in [6, 6.07) is 6.83. The third kappa shape index (κ3) is 4.02. The van der Waals surface area contributed by atoms with Crippen molar-refractivity contribution in [3.63, 3.8) is 0 Å². The zero-order chi connectivity index (χ0) is 16.1. The van der Waals surface area contributed by atoms with E-state index in [2.05, 4.69) is 4.98 Å². The number of benzene rings is 1. The maximum absolute atomic E-state index is 12.3. The summed E-state index contributed by atoms with van der Waals surface area (Å²) >= 11 is 5.83. The third-order valence-electron chi connectivity index (χ3n) is 3.28. The van der Waals surface area contributed by atoms with E-state index in [1.807, 2.05) is 20.0 Å². The Morgan fingerprint density at radius 3 is 2.68 bits per heavy atom. The first kappa shape index (κ1) is 16.4. The molecule has 6 heteroatoms. The number of Topliss-reactive ketones (excluding diaryl/α,β-unsaturated/α-hetero) is 1. The number of nitrogen functional groups attached to an aromatic ring is 1. The maximum atomic E-state index is 12.3. The van der Waals surface area contributed by atoms with Gasteiger partial charge in [-0.2, -0.15) is 0 Å². The molecule has 0 spiro atoms. The lowest BCUT2D eigenvalue weighted by Crippen LogP contribution is -2.42. The van der Waals surface area contributed by atoms with Gasteiger partial charge < -0.3 is 10.5 Å². The van der Waals surface area contributed by atoms with Crippen molar-refractivity contribution >= 4 is 23.2 Å². The van der Waals surface area contributed by atoms with Gasteiger partial charge in [0.2, 0.25) is 11.6 Å². The molecule has 0 amide bonds. The molecule has 1 heterocycles. The summed E-state index contributed by atoms with van der Waals surface area (Å²) in [4.78, 5) is 16.6. The number of carbonyl (C=O) groups is 1. The molecule has 22 heavy (non-hydrogen) atoms. The molecule has 0 saturated heterocycles. The average molecular weight is 321 g/mol. The van der Waals surface area contributed by atoms with Crippen molar-refractivity contribution in [2.45, 2.75) is 27.0 Å². The minimum Gasteiger partial charge on any atom is -0.377 e. The molecule has 0 bridgehead atoms. The molecule has 0 unspecified atom stereocenters. The predicted molar refractivity (Wildman–Crippen MR) is 84.7 cm³/mol. The lowest BCUT2D eigenvalue weighted by Gasteiger charge is -2.06. The summed E-state index contributed by atoms with van der Waals surface area (Å²) in [6.45, 7) is 4.90. The highest BCUT2D eigenvalue weighted by atomic mass is 35.5. The van der Waals surface area contributed by atoms with Crippen molar-refractivity contribution in [3.05, 3.63) is 52.4 Å². The first-order chi connectivity index (χ1) is 10.5. The monoisotopic (exact) mass is 320 g/mol. The van der Waals surface area contributed by atoms with Crippen LogP contribution in [-0.4, -0.2) is 17.4 Å². The van der Waals surface area contributed by atoms with Gasteiger partial charge in [0.15, 0.2) is 6.54 Å². The van der Waals surface area contributed by atoms with Crippen LogP contribution in [0, 0.1) is 6.92 Å². The number of hydrogen-bond donors (Lipinski definition) is 1. The molecule has 5 nitrogen and oxygen atoms in total. The molecule has 0 atom stereocenters. The zero-order valence-corrected chi connectivity index (χ0v) is 13.4. The van der Waals surface area contributed by atoms with Crippen LogP contribution >= 0.6 is 11.6 Å². The Morgan fingerprint density at radius 2 is 2.05 bits per heavy atom. The van der Waals surface area contributed by atoms with Crippen LogP contribution in [0.15, 0.2) is 30.5 Å². The van der Waals surface area contributed by atoms with Crippen molar-refractivity contribution in [1.29, 1.82) is 0 Å². The number of aromatic nitrogens is 2. The van der Waals surface area contributed by atoms with Crippen LogP contribution in [-0.2, 0) is 17.9 Å². The number of anilines is 1. The number of halogens is 1. The number of carbonyl (C=O) groups excluding carboxylic acids is 1. The fraction of sp³-hybridized carbons (Fsp3) is 0.312. The molecule has 2 rings (SSSR count). The van der Waals surface area contributed by atoms with Crippen LogP contribution in [0.3, 0.4) is 0 Å². The smallest absolute Gasteiger partial charge is 0.298 e. The number of nitrogens with two attached hydrogens (primary N) is 1. The summed E-state index contributed by atoms with van der Waals surface area (Å²) in [7, 11) is 0. The van der Waals surface area contributed by atoms with Crippen LogP contribution in [0.25, 0.3) is 0 Å². The molecule has 1 aromatic carbocycles. The number of hydrogen-bond acceptors (Lipinski definition) is 4. The zero-order valence-electron chi connectivity index (χ0n) is 12.7. The Hall–Kier alpha value is -1.98. The van der Waals surface area contributed by atoms with E-state index in [1.165, 1.54) is 0 Å². The number of aryl methyl sites for hydroxylation is 1. The van der Waals surface area contributed by atoms with Crippen molar-refractivity contribution in [3.8, 4) is 0 Å². The fourth-order valence-electron chi connectivity index (χ4n) is 2.02. The van der Waals surface area contributed by atoms with Crippen LogP contribution in [0.1, 0.15) is 28.7 Å². The molecule has 1 aromatic heterocycles. The van der Waals surface area contributed by atoms with E-state index >= 15 is 0 Å². The van der Waals surface area contributed by atoms with Gasteiger partial charge in [0.1, 0.15) is 6.20 Å². The molecule has 0 aliphatic heterocycles. The largest absolute Gasteiger partial charge is 0.377 e. The molecule has 0 saturated carbocycles.